The van der Waals surface area contributed by atoms with Crippen molar-refractivity contribution in [3.05, 3.63) is 94.5 Å². The smallest absolute Gasteiger partial charge is 0.276 e. The molecule has 2 aromatic carbocycles. The Morgan fingerprint density at radius 2 is 1.44 bits per heavy atom. The molecule has 0 saturated carbocycles. The highest BCUT2D eigenvalue weighted by Crippen LogP contribution is 2.37. The first-order valence-corrected chi connectivity index (χ1v) is 17.6. The number of nitrogens with one attached hydrogen (secondary N) is 1. The van der Waals surface area contributed by atoms with Gasteiger partial charge in [-0.05, 0) is 88.7 Å². The highest BCUT2D eigenvalue weighted by Gasteiger charge is 2.22. The topological polar surface area (TPSA) is 196 Å². The lowest BCUT2D eigenvalue weighted by atomic mass is 10.1. The second-order valence-electron chi connectivity index (χ2n) is 13.1. The number of rotatable bonds is 12. The summed E-state index contributed by atoms with van der Waals surface area (Å²) in [5, 5.41) is 13.6. The van der Waals surface area contributed by atoms with Crippen molar-refractivity contribution in [2.24, 2.45) is 11.5 Å². The molecule has 54 heavy (non-hydrogen) atoms. The molecular formula is C39H41N11O4. The molecule has 15 nitrogen and oxygen atoms in total. The Morgan fingerprint density at radius 3 is 2.13 bits per heavy atom. The number of allylic oxidation sites excluding steroid dienone is 2. The molecule has 0 saturated heterocycles. The van der Waals surface area contributed by atoms with Crippen LogP contribution in [0.4, 0.5) is 5.95 Å². The van der Waals surface area contributed by atoms with Gasteiger partial charge >= 0.3 is 0 Å². The number of amides is 3. The number of aryl methyl sites for hydroxylation is 5. The number of anilines is 1. The Morgan fingerprint density at radius 1 is 0.778 bits per heavy atom. The number of carbonyl (C=O) groups is 3. The van der Waals surface area contributed by atoms with Gasteiger partial charge in [-0.3, -0.25) is 29.1 Å². The van der Waals surface area contributed by atoms with E-state index in [1.165, 1.54) is 0 Å². The van der Waals surface area contributed by atoms with Gasteiger partial charge in [0.15, 0.2) is 0 Å². The number of benzene rings is 2. The van der Waals surface area contributed by atoms with Gasteiger partial charge < -0.3 is 25.3 Å². The number of imidazole rings is 1. The SMILES string of the molecule is CCn1nc(C)cc1C(=O)Nc1nc2cc(C(N)=O)cc(C)c2n1C/C=C/Cn1c2nc(-c3cc(C)nn3CC)ccc2c2cc(C(N)=O)cc(OC)c21. The van der Waals surface area contributed by atoms with Crippen LogP contribution in [0.15, 0.2) is 60.7 Å². The van der Waals surface area contributed by atoms with E-state index < -0.39 is 11.8 Å². The molecule has 15 heteroatoms. The van der Waals surface area contributed by atoms with Crippen molar-refractivity contribution in [2.45, 2.75) is 60.8 Å². The summed E-state index contributed by atoms with van der Waals surface area (Å²) in [7, 11) is 1.56. The summed E-state index contributed by atoms with van der Waals surface area (Å²) in [6.07, 6.45) is 3.97. The first-order chi connectivity index (χ1) is 25.9. The molecule has 0 aliphatic rings. The first-order valence-electron chi connectivity index (χ1n) is 17.6. The summed E-state index contributed by atoms with van der Waals surface area (Å²) in [4.78, 5) is 47.9. The minimum atomic E-state index is -0.571. The highest BCUT2D eigenvalue weighted by atomic mass is 16.5. The van der Waals surface area contributed by atoms with Crippen LogP contribution in [0, 0.1) is 20.8 Å². The molecule has 0 bridgehead atoms. The lowest BCUT2D eigenvalue weighted by Crippen LogP contribution is -2.20. The fourth-order valence-electron chi connectivity index (χ4n) is 7.06. The van der Waals surface area contributed by atoms with Crippen molar-refractivity contribution in [3.8, 4) is 17.1 Å². The van der Waals surface area contributed by atoms with Gasteiger partial charge in [0, 0.05) is 48.1 Å². The molecule has 5 heterocycles. The van der Waals surface area contributed by atoms with Gasteiger partial charge in [0.25, 0.3) is 5.91 Å². The van der Waals surface area contributed by atoms with E-state index in [2.05, 4.69) is 15.5 Å². The van der Waals surface area contributed by atoms with Gasteiger partial charge in [0.05, 0.1) is 46.4 Å². The monoisotopic (exact) mass is 727 g/mol. The number of primary amides is 2. The van der Waals surface area contributed by atoms with E-state index in [0.29, 0.717) is 65.9 Å². The summed E-state index contributed by atoms with van der Waals surface area (Å²) in [6.45, 7) is 11.5. The molecule has 3 amide bonds. The van der Waals surface area contributed by atoms with Crippen LogP contribution in [0.5, 0.6) is 5.75 Å². The maximum atomic E-state index is 13.6. The Balaban J connectivity index is 1.31. The van der Waals surface area contributed by atoms with Gasteiger partial charge in [-0.25, -0.2) is 9.97 Å². The molecule has 7 aromatic rings. The average Bonchev–Trinajstić information content (AvgIpc) is 3.90. The molecule has 0 unspecified atom stereocenters. The molecule has 0 aliphatic carbocycles. The van der Waals surface area contributed by atoms with Crippen molar-refractivity contribution in [2.75, 3.05) is 12.4 Å². The Bertz CT molecular complexity index is 2670. The maximum Gasteiger partial charge on any atom is 0.276 e. The van der Waals surface area contributed by atoms with Crippen LogP contribution >= 0.6 is 0 Å². The van der Waals surface area contributed by atoms with Crippen molar-refractivity contribution < 1.29 is 19.1 Å². The summed E-state index contributed by atoms with van der Waals surface area (Å²) < 4.78 is 13.3. The molecule has 5 N–H and O–H groups in total. The van der Waals surface area contributed by atoms with E-state index in [1.54, 1.807) is 42.1 Å². The third kappa shape index (κ3) is 6.22. The van der Waals surface area contributed by atoms with Crippen LogP contribution < -0.4 is 21.5 Å². The number of nitrogens with two attached hydrogens (primary N) is 2. The Kier molecular flexibility index (Phi) is 9.23. The van der Waals surface area contributed by atoms with Gasteiger partial charge in [0.1, 0.15) is 17.1 Å². The quantitative estimate of drug-likeness (QED) is 0.141. The molecule has 0 radical (unpaired) electrons. The number of aromatic nitrogens is 8. The van der Waals surface area contributed by atoms with Crippen molar-refractivity contribution in [1.29, 1.82) is 0 Å². The number of hydrogen-bond donors (Lipinski definition) is 3. The lowest BCUT2D eigenvalue weighted by molar-refractivity contribution is 0.0992. The second kappa shape index (κ2) is 14.0. The number of carbonyl (C=O) groups excluding carboxylic acids is 3. The number of ether oxygens (including phenoxy) is 1. The first kappa shape index (κ1) is 35.6. The molecule has 0 atom stereocenters. The van der Waals surface area contributed by atoms with Gasteiger partial charge in [0.2, 0.25) is 17.8 Å². The minimum absolute atomic E-state index is 0.303. The van der Waals surface area contributed by atoms with Crippen molar-refractivity contribution >= 4 is 56.6 Å². The normalized spacial score (nSPS) is 11.7. The minimum Gasteiger partial charge on any atom is -0.495 e. The summed E-state index contributed by atoms with van der Waals surface area (Å²) in [5.41, 5.74) is 19.1. The Hall–Kier alpha value is -6.77. The number of methoxy groups -OCH3 is 1. The van der Waals surface area contributed by atoms with E-state index in [1.807, 2.05) is 78.8 Å². The van der Waals surface area contributed by atoms with E-state index in [-0.39, 0.29) is 5.91 Å². The largest absolute Gasteiger partial charge is 0.495 e. The third-order valence-corrected chi connectivity index (χ3v) is 9.45. The summed E-state index contributed by atoms with van der Waals surface area (Å²) in [5.74, 6) is -0.710. The molecule has 5 aromatic heterocycles. The zero-order valence-electron chi connectivity index (χ0n) is 31.0. The molecular weight excluding hydrogens is 687 g/mol. The standard InChI is InChI=1S/C39H41N11O4/c1-7-49-30(16-22(4)45-49)28-12-11-26-27-18-25(36(41)52)20-32(54-6)34(27)47(37(26)42-28)13-9-10-14-48-33-21(3)15-24(35(40)51)19-29(33)43-39(48)44-38(53)31-17-23(5)46-50(31)8-2/h9-12,15-20H,7-8,13-14H2,1-6H3,(H2,40,51)(H2,41,52)(H,43,44,53)/b10-9+. The maximum absolute atomic E-state index is 13.6. The fraction of sp³-hybridized carbons (Fsp3) is 0.256. The van der Waals surface area contributed by atoms with Crippen LogP contribution in [-0.4, -0.2) is 63.5 Å². The van der Waals surface area contributed by atoms with Crippen molar-refractivity contribution in [3.63, 3.8) is 0 Å². The van der Waals surface area contributed by atoms with Crippen LogP contribution in [-0.2, 0) is 26.2 Å². The van der Waals surface area contributed by atoms with Gasteiger partial charge in [-0.1, -0.05) is 12.2 Å². The molecule has 7 rings (SSSR count). The second-order valence-corrected chi connectivity index (χ2v) is 13.1. The number of fused-ring (bicyclic) bond motifs is 4. The van der Waals surface area contributed by atoms with Crippen LogP contribution in [0.2, 0.25) is 0 Å². The molecule has 0 fully saturated rings. The predicted molar refractivity (Wildman–Crippen MR) is 207 cm³/mol. The number of nitrogens with zero attached hydrogens (tertiary/aromatic N) is 8. The zero-order valence-corrected chi connectivity index (χ0v) is 31.0. The van der Waals surface area contributed by atoms with E-state index in [0.717, 1.165) is 50.1 Å². The lowest BCUT2D eigenvalue weighted by Gasteiger charge is -2.11. The summed E-state index contributed by atoms with van der Waals surface area (Å²) >= 11 is 0. The predicted octanol–water partition coefficient (Wildman–Crippen LogP) is 5.28. The number of hydrogen-bond acceptors (Lipinski definition) is 8. The highest BCUT2D eigenvalue weighted by molar-refractivity contribution is 6.12. The van der Waals surface area contributed by atoms with Crippen LogP contribution in [0.1, 0.15) is 62.0 Å². The molecule has 0 aliphatic heterocycles. The molecule has 0 spiro atoms. The van der Waals surface area contributed by atoms with Gasteiger partial charge in [-0.15, -0.1) is 0 Å². The fourth-order valence-corrected chi connectivity index (χ4v) is 7.06. The van der Waals surface area contributed by atoms with E-state index in [4.69, 9.17) is 26.2 Å². The van der Waals surface area contributed by atoms with Crippen molar-refractivity contribution in [1.82, 2.24) is 38.7 Å². The van der Waals surface area contributed by atoms with E-state index >= 15 is 0 Å². The van der Waals surface area contributed by atoms with Crippen LogP contribution in [0.25, 0.3) is 44.4 Å². The van der Waals surface area contributed by atoms with Gasteiger partial charge in [-0.2, -0.15) is 10.2 Å². The number of pyridine rings is 1. The van der Waals surface area contributed by atoms with E-state index in [9.17, 15) is 14.4 Å². The molecule has 276 valence electrons. The summed E-state index contributed by atoms with van der Waals surface area (Å²) in [6, 6.07) is 14.4. The average molecular weight is 728 g/mol. The Labute approximate surface area is 310 Å². The van der Waals surface area contributed by atoms with Crippen LogP contribution in [0.3, 0.4) is 0 Å². The third-order valence-electron chi connectivity index (χ3n) is 9.45. The zero-order chi connectivity index (χ0) is 38.4.